The van der Waals surface area contributed by atoms with Gasteiger partial charge in [0.1, 0.15) is 5.75 Å². The third-order valence-electron chi connectivity index (χ3n) is 3.65. The van der Waals surface area contributed by atoms with Crippen LogP contribution in [0.2, 0.25) is 0 Å². The largest absolute Gasteiger partial charge is 0.494 e. The van der Waals surface area contributed by atoms with Crippen LogP contribution in [0, 0.1) is 0 Å². The summed E-state index contributed by atoms with van der Waals surface area (Å²) in [5, 5.41) is 14.8. The smallest absolute Gasteiger partial charge is 0.414 e. The quantitative estimate of drug-likeness (QED) is 0.691. The van der Waals surface area contributed by atoms with E-state index >= 15 is 0 Å². The van der Waals surface area contributed by atoms with Crippen molar-refractivity contribution in [2.45, 2.75) is 13.5 Å². The first-order chi connectivity index (χ1) is 12.1. The van der Waals surface area contributed by atoms with Crippen LogP contribution in [-0.4, -0.2) is 78.8 Å². The molecule has 1 aliphatic rings. The third-order valence-corrected chi connectivity index (χ3v) is 4.95. The summed E-state index contributed by atoms with van der Waals surface area (Å²) in [6.07, 6.45) is 1.27. The van der Waals surface area contributed by atoms with E-state index in [-0.39, 0.29) is 0 Å². The Morgan fingerprint density at radius 1 is 1.08 bits per heavy atom. The molecule has 26 heavy (non-hydrogen) atoms. The standard InChI is InChI=1S/C14H22N2O3S.C2H2O4/c1-3-19-14-7-5-4-6-13(14)12-15-8-10-16(11-9-15)20(2,17)18;3-1(4)2(5)6/h4-7H,3,8-12H2,1-2H3;(H,3,4)(H,5,6). The lowest BCUT2D eigenvalue weighted by molar-refractivity contribution is -0.159. The highest BCUT2D eigenvalue weighted by Crippen LogP contribution is 2.20. The Bertz CT molecular complexity index is 701. The van der Waals surface area contributed by atoms with Gasteiger partial charge in [0.15, 0.2) is 0 Å². The molecule has 0 bridgehead atoms. The van der Waals surface area contributed by atoms with E-state index in [1.54, 1.807) is 0 Å². The van der Waals surface area contributed by atoms with Crippen molar-refractivity contribution in [3.05, 3.63) is 29.8 Å². The van der Waals surface area contributed by atoms with Crippen LogP contribution >= 0.6 is 0 Å². The van der Waals surface area contributed by atoms with Crippen molar-refractivity contribution < 1.29 is 33.0 Å². The van der Waals surface area contributed by atoms with Crippen molar-refractivity contribution in [1.29, 1.82) is 0 Å². The number of carboxylic acid groups (broad SMARTS) is 2. The van der Waals surface area contributed by atoms with Crippen molar-refractivity contribution in [2.75, 3.05) is 39.0 Å². The fourth-order valence-electron chi connectivity index (χ4n) is 2.39. The number of hydrogen-bond donors (Lipinski definition) is 2. The van der Waals surface area contributed by atoms with Crippen LogP contribution in [0.3, 0.4) is 0 Å². The zero-order valence-corrected chi connectivity index (χ0v) is 15.6. The van der Waals surface area contributed by atoms with Gasteiger partial charge in [-0.2, -0.15) is 4.31 Å². The number of rotatable bonds is 5. The van der Waals surface area contributed by atoms with Crippen LogP contribution in [0.1, 0.15) is 12.5 Å². The Morgan fingerprint density at radius 2 is 1.62 bits per heavy atom. The molecular weight excluding hydrogens is 364 g/mol. The molecule has 1 fully saturated rings. The number of piperazine rings is 1. The number of carbonyl (C=O) groups is 2. The zero-order chi connectivity index (χ0) is 19.7. The molecule has 0 atom stereocenters. The third kappa shape index (κ3) is 7.38. The molecule has 1 aromatic carbocycles. The summed E-state index contributed by atoms with van der Waals surface area (Å²) in [5.41, 5.74) is 1.15. The van der Waals surface area contributed by atoms with Gasteiger partial charge in [0.05, 0.1) is 12.9 Å². The highest BCUT2D eigenvalue weighted by molar-refractivity contribution is 7.88. The first-order valence-corrected chi connectivity index (χ1v) is 9.84. The molecule has 1 aromatic rings. The van der Waals surface area contributed by atoms with Crippen LogP contribution in [0.15, 0.2) is 24.3 Å². The SMILES string of the molecule is CCOc1ccccc1CN1CCN(S(C)(=O)=O)CC1.O=C(O)C(=O)O. The summed E-state index contributed by atoms with van der Waals surface area (Å²) in [4.78, 5) is 20.5. The Labute approximate surface area is 152 Å². The molecule has 1 saturated heterocycles. The summed E-state index contributed by atoms with van der Waals surface area (Å²) in [6, 6.07) is 8.01. The molecule has 2 N–H and O–H groups in total. The molecule has 0 aromatic heterocycles. The summed E-state index contributed by atoms with van der Waals surface area (Å²) >= 11 is 0. The average molecular weight is 388 g/mol. The maximum absolute atomic E-state index is 11.5. The predicted molar refractivity (Wildman–Crippen MR) is 94.6 cm³/mol. The second-order valence-corrected chi connectivity index (χ2v) is 7.57. The number of nitrogens with zero attached hydrogens (tertiary/aromatic N) is 2. The fourth-order valence-corrected chi connectivity index (χ4v) is 3.22. The van der Waals surface area contributed by atoms with E-state index < -0.39 is 22.0 Å². The van der Waals surface area contributed by atoms with Gasteiger partial charge in [0, 0.05) is 38.3 Å². The fraction of sp³-hybridized carbons (Fsp3) is 0.500. The lowest BCUT2D eigenvalue weighted by Gasteiger charge is -2.33. The maximum atomic E-state index is 11.5. The molecule has 2 rings (SSSR count). The highest BCUT2D eigenvalue weighted by Gasteiger charge is 2.23. The maximum Gasteiger partial charge on any atom is 0.414 e. The zero-order valence-electron chi connectivity index (χ0n) is 14.8. The van der Waals surface area contributed by atoms with E-state index in [1.165, 1.54) is 10.6 Å². The van der Waals surface area contributed by atoms with Crippen LogP contribution in [0.4, 0.5) is 0 Å². The molecule has 1 heterocycles. The normalized spacial score (nSPS) is 15.6. The van der Waals surface area contributed by atoms with Crippen LogP contribution < -0.4 is 4.74 Å². The van der Waals surface area contributed by atoms with Crippen LogP contribution in [0.25, 0.3) is 0 Å². The van der Waals surface area contributed by atoms with Crippen molar-refractivity contribution in [3.63, 3.8) is 0 Å². The minimum Gasteiger partial charge on any atom is -0.494 e. The molecule has 0 unspecified atom stereocenters. The Balaban J connectivity index is 0.000000487. The van der Waals surface area contributed by atoms with Gasteiger partial charge >= 0.3 is 11.9 Å². The number of carboxylic acids is 2. The molecular formula is C16H24N2O7S. The molecule has 0 aliphatic carbocycles. The molecule has 0 radical (unpaired) electrons. The lowest BCUT2D eigenvalue weighted by atomic mass is 10.2. The Morgan fingerprint density at radius 3 is 2.08 bits per heavy atom. The van der Waals surface area contributed by atoms with Gasteiger partial charge in [-0.3, -0.25) is 4.90 Å². The van der Waals surface area contributed by atoms with Gasteiger partial charge < -0.3 is 14.9 Å². The minimum absolute atomic E-state index is 0.565. The summed E-state index contributed by atoms with van der Waals surface area (Å²) in [5.74, 6) is -2.73. The van der Waals surface area contributed by atoms with Gasteiger partial charge in [0.2, 0.25) is 10.0 Å². The molecule has 10 heteroatoms. The molecule has 0 amide bonds. The number of hydrogen-bond acceptors (Lipinski definition) is 6. The van der Waals surface area contributed by atoms with Crippen molar-refractivity contribution >= 4 is 22.0 Å². The Kier molecular flexibility index (Phi) is 8.49. The topological polar surface area (TPSA) is 124 Å². The minimum atomic E-state index is -3.06. The second-order valence-electron chi connectivity index (χ2n) is 5.59. The number of benzene rings is 1. The number of ether oxygens (including phenoxy) is 1. The van der Waals surface area contributed by atoms with Crippen LogP contribution in [0.5, 0.6) is 5.75 Å². The molecule has 146 valence electrons. The second kappa shape index (κ2) is 10.1. The van der Waals surface area contributed by atoms with Gasteiger partial charge in [-0.05, 0) is 13.0 Å². The van der Waals surface area contributed by atoms with Gasteiger partial charge in [-0.25, -0.2) is 18.0 Å². The first-order valence-electron chi connectivity index (χ1n) is 7.99. The van der Waals surface area contributed by atoms with E-state index in [4.69, 9.17) is 24.5 Å². The molecule has 1 aliphatic heterocycles. The van der Waals surface area contributed by atoms with Gasteiger partial charge in [-0.1, -0.05) is 18.2 Å². The average Bonchev–Trinajstić information content (AvgIpc) is 2.57. The van der Waals surface area contributed by atoms with Crippen molar-refractivity contribution in [3.8, 4) is 5.75 Å². The lowest BCUT2D eigenvalue weighted by Crippen LogP contribution is -2.47. The van der Waals surface area contributed by atoms with Crippen molar-refractivity contribution in [1.82, 2.24) is 9.21 Å². The summed E-state index contributed by atoms with van der Waals surface area (Å²) in [7, 11) is -3.06. The van der Waals surface area contributed by atoms with Gasteiger partial charge in [0.25, 0.3) is 0 Å². The summed E-state index contributed by atoms with van der Waals surface area (Å²) in [6.45, 7) is 6.07. The number of sulfonamides is 1. The first kappa shape index (κ1) is 21.9. The molecule has 9 nitrogen and oxygen atoms in total. The van der Waals surface area contributed by atoms with Gasteiger partial charge in [-0.15, -0.1) is 0 Å². The monoisotopic (exact) mass is 388 g/mol. The Hall–Kier alpha value is -2.17. The van der Waals surface area contributed by atoms with E-state index in [0.717, 1.165) is 30.9 Å². The highest BCUT2D eigenvalue weighted by atomic mass is 32.2. The van der Waals surface area contributed by atoms with E-state index in [2.05, 4.69) is 11.0 Å². The number of para-hydroxylation sites is 1. The van der Waals surface area contributed by atoms with Crippen LogP contribution in [-0.2, 0) is 26.2 Å². The number of aliphatic carboxylic acids is 2. The predicted octanol–water partition coefficient (Wildman–Crippen LogP) is 0.318. The van der Waals surface area contributed by atoms with E-state index in [9.17, 15) is 8.42 Å². The van der Waals surface area contributed by atoms with E-state index in [0.29, 0.717) is 19.7 Å². The molecule has 0 saturated carbocycles. The summed E-state index contributed by atoms with van der Waals surface area (Å²) < 4.78 is 30.1. The molecule has 0 spiro atoms. The van der Waals surface area contributed by atoms with Crippen molar-refractivity contribution in [2.24, 2.45) is 0 Å². The van der Waals surface area contributed by atoms with E-state index in [1.807, 2.05) is 25.1 Å².